The average Bonchev–Trinajstić information content (AvgIpc) is 2.69. The van der Waals surface area contributed by atoms with Crippen LogP contribution in [0.3, 0.4) is 0 Å². The third-order valence-electron chi connectivity index (χ3n) is 1.93. The largest absolute Gasteiger partial charge is 0.460 e. The van der Waals surface area contributed by atoms with Crippen LogP contribution in [-0.2, 0) is 4.74 Å². The first-order chi connectivity index (χ1) is 6.72. The topological polar surface area (TPSA) is 66.2 Å². The number of imidazole rings is 1. The zero-order valence-corrected chi connectivity index (χ0v) is 8.50. The number of hydrogen-bond donors (Lipinski definition) is 2. The lowest BCUT2D eigenvalue weighted by atomic mass is 10.5. The number of aliphatic hydroxyl groups excluding tert-OH is 1. The second-order valence-corrected chi connectivity index (χ2v) is 3.90. The molecule has 1 unspecified atom stereocenters. The molecule has 0 spiro atoms. The van der Waals surface area contributed by atoms with E-state index in [4.69, 9.17) is 4.74 Å². The Balaban J connectivity index is 2.22. The fourth-order valence-electron chi connectivity index (χ4n) is 1.29. The Kier molecular flexibility index (Phi) is 2.47. The molecule has 14 heavy (non-hydrogen) atoms. The predicted molar refractivity (Wildman–Crippen MR) is 48.9 cm³/mol. The molecule has 0 fully saturated rings. The minimum atomic E-state index is -0.547. The number of carbonyl (C=O) groups is 1. The number of aliphatic hydroxyl groups is 1. The van der Waals surface area contributed by atoms with E-state index in [9.17, 15) is 9.90 Å². The Morgan fingerprint density at radius 1 is 1.93 bits per heavy atom. The summed E-state index contributed by atoms with van der Waals surface area (Å²) < 4.78 is 6.46. The summed E-state index contributed by atoms with van der Waals surface area (Å²) in [6.45, 7) is 2.11. The smallest absolute Gasteiger partial charge is 0.382 e. The highest BCUT2D eigenvalue weighted by molar-refractivity contribution is 7.99. The molecule has 1 aliphatic rings. The average molecular weight is 215 g/mol. The molecule has 0 aliphatic carbocycles. The van der Waals surface area contributed by atoms with Gasteiger partial charge in [0.2, 0.25) is 6.23 Å². The SMILES string of the molecule is CCOC(=O)c1c[n+]2c([nH]1)SCC2O. The summed E-state index contributed by atoms with van der Waals surface area (Å²) in [6.07, 6.45) is 1.03. The zero-order chi connectivity index (χ0) is 10.1. The molecule has 0 aromatic carbocycles. The summed E-state index contributed by atoms with van der Waals surface area (Å²) in [6, 6.07) is 0. The van der Waals surface area contributed by atoms with E-state index < -0.39 is 6.23 Å². The third kappa shape index (κ3) is 1.51. The van der Waals surface area contributed by atoms with E-state index in [2.05, 4.69) is 4.98 Å². The van der Waals surface area contributed by atoms with Gasteiger partial charge < -0.3 is 9.84 Å². The number of thioether (sulfide) groups is 1. The summed E-state index contributed by atoms with van der Waals surface area (Å²) in [5, 5.41) is 10.3. The highest BCUT2D eigenvalue weighted by Gasteiger charge is 2.32. The van der Waals surface area contributed by atoms with E-state index in [1.807, 2.05) is 0 Å². The molecule has 1 aliphatic heterocycles. The van der Waals surface area contributed by atoms with Crippen molar-refractivity contribution in [3.63, 3.8) is 0 Å². The normalized spacial score (nSPS) is 19.4. The Morgan fingerprint density at radius 3 is 3.36 bits per heavy atom. The van der Waals surface area contributed by atoms with E-state index in [0.717, 1.165) is 5.16 Å². The van der Waals surface area contributed by atoms with E-state index >= 15 is 0 Å². The lowest BCUT2D eigenvalue weighted by molar-refractivity contribution is -0.780. The number of nitrogens with zero attached hydrogens (tertiary/aromatic N) is 1. The summed E-state index contributed by atoms with van der Waals surface area (Å²) in [7, 11) is 0. The number of hydrogen-bond acceptors (Lipinski definition) is 4. The molecule has 76 valence electrons. The Hall–Kier alpha value is -1.01. The molecule has 0 bridgehead atoms. The van der Waals surface area contributed by atoms with E-state index in [-0.39, 0.29) is 5.97 Å². The maximum atomic E-state index is 11.3. The quantitative estimate of drug-likeness (QED) is 0.541. The first kappa shape index (κ1) is 9.54. The van der Waals surface area contributed by atoms with Gasteiger partial charge in [-0.2, -0.15) is 4.57 Å². The fourth-order valence-corrected chi connectivity index (χ4v) is 2.26. The van der Waals surface area contributed by atoms with Crippen LogP contribution in [0, 0.1) is 0 Å². The van der Waals surface area contributed by atoms with Crippen LogP contribution in [0.2, 0.25) is 0 Å². The fraction of sp³-hybridized carbons (Fsp3) is 0.500. The van der Waals surface area contributed by atoms with Crippen molar-refractivity contribution in [1.82, 2.24) is 4.98 Å². The van der Waals surface area contributed by atoms with Crippen LogP contribution in [0.1, 0.15) is 23.6 Å². The number of ether oxygens (including phenoxy) is 1. The standard InChI is InChI=1S/C8H10N2O3S/c1-2-13-7(12)5-3-10-6(11)4-14-8(10)9-5/h3,6,11H,2,4H2,1H3/p+1. The second kappa shape index (κ2) is 3.62. The maximum absolute atomic E-state index is 11.3. The van der Waals surface area contributed by atoms with Crippen LogP contribution in [0.5, 0.6) is 0 Å². The molecule has 2 heterocycles. The number of nitrogens with one attached hydrogen (secondary N) is 1. The highest BCUT2D eigenvalue weighted by atomic mass is 32.2. The molecule has 0 radical (unpaired) electrons. The molecule has 5 nitrogen and oxygen atoms in total. The zero-order valence-electron chi connectivity index (χ0n) is 7.69. The van der Waals surface area contributed by atoms with Crippen LogP contribution in [0.4, 0.5) is 0 Å². The monoisotopic (exact) mass is 215 g/mol. The molecule has 0 amide bonds. The minimum Gasteiger partial charge on any atom is -0.460 e. The van der Waals surface area contributed by atoms with Crippen molar-refractivity contribution in [1.29, 1.82) is 0 Å². The number of rotatable bonds is 2. The van der Waals surface area contributed by atoms with Crippen LogP contribution < -0.4 is 4.57 Å². The van der Waals surface area contributed by atoms with Gasteiger partial charge in [0.15, 0.2) is 0 Å². The van der Waals surface area contributed by atoms with Gasteiger partial charge in [-0.3, -0.25) is 0 Å². The maximum Gasteiger partial charge on any atom is 0.382 e. The Bertz CT molecular complexity index is 363. The van der Waals surface area contributed by atoms with Gasteiger partial charge in [-0.1, -0.05) is 0 Å². The van der Waals surface area contributed by atoms with Crippen LogP contribution in [0.25, 0.3) is 0 Å². The third-order valence-corrected chi connectivity index (χ3v) is 2.98. The van der Waals surface area contributed by atoms with Crippen LogP contribution in [0.15, 0.2) is 11.4 Å². The molecule has 1 aromatic rings. The van der Waals surface area contributed by atoms with Crippen LogP contribution >= 0.6 is 11.8 Å². The van der Waals surface area contributed by atoms with Gasteiger partial charge in [-0.15, -0.1) is 0 Å². The van der Waals surface area contributed by atoms with Gasteiger partial charge in [-0.05, 0) is 18.7 Å². The molecule has 0 saturated heterocycles. The van der Waals surface area contributed by atoms with E-state index in [0.29, 0.717) is 18.1 Å². The van der Waals surface area contributed by atoms with Gasteiger partial charge in [-0.25, -0.2) is 9.78 Å². The van der Waals surface area contributed by atoms with E-state index in [1.54, 1.807) is 17.7 Å². The summed E-state index contributed by atoms with van der Waals surface area (Å²) in [5.41, 5.74) is 0.383. The van der Waals surface area contributed by atoms with Gasteiger partial charge in [0.05, 0.1) is 12.4 Å². The molecule has 2 rings (SSSR count). The molecule has 0 saturated carbocycles. The number of aromatic amines is 1. The highest BCUT2D eigenvalue weighted by Crippen LogP contribution is 2.23. The Labute approximate surface area is 85.1 Å². The molecular formula is C8H11N2O3S+. The Morgan fingerprint density at radius 2 is 2.71 bits per heavy atom. The number of fused-ring (bicyclic) bond motifs is 1. The second-order valence-electron chi connectivity index (χ2n) is 2.89. The van der Waals surface area contributed by atoms with Gasteiger partial charge in [0.25, 0.3) is 5.69 Å². The lowest BCUT2D eigenvalue weighted by Gasteiger charge is -1.95. The predicted octanol–water partition coefficient (Wildman–Crippen LogP) is 0.0755. The summed E-state index contributed by atoms with van der Waals surface area (Å²) in [5.74, 6) is 0.233. The molecule has 1 atom stereocenters. The van der Waals surface area contributed by atoms with Crippen molar-refractivity contribution in [2.45, 2.75) is 18.3 Å². The van der Waals surface area contributed by atoms with E-state index in [1.165, 1.54) is 11.8 Å². The number of H-pyrrole nitrogens is 1. The van der Waals surface area contributed by atoms with Crippen molar-refractivity contribution < 1.29 is 19.2 Å². The number of aromatic nitrogens is 2. The van der Waals surface area contributed by atoms with Crippen molar-refractivity contribution in [3.05, 3.63) is 11.9 Å². The van der Waals surface area contributed by atoms with Crippen LogP contribution in [-0.4, -0.2) is 28.4 Å². The van der Waals surface area contributed by atoms with Crippen molar-refractivity contribution in [2.24, 2.45) is 0 Å². The van der Waals surface area contributed by atoms with Gasteiger partial charge in [0.1, 0.15) is 6.20 Å². The molecule has 2 N–H and O–H groups in total. The van der Waals surface area contributed by atoms with Gasteiger partial charge >= 0.3 is 11.1 Å². The molecular weight excluding hydrogens is 204 g/mol. The molecule has 1 aromatic heterocycles. The lowest BCUT2D eigenvalue weighted by Crippen LogP contribution is -2.36. The van der Waals surface area contributed by atoms with Gasteiger partial charge in [0, 0.05) is 0 Å². The summed E-state index contributed by atoms with van der Waals surface area (Å²) >= 11 is 1.48. The molecule has 6 heteroatoms. The van der Waals surface area contributed by atoms with Crippen molar-refractivity contribution >= 4 is 17.7 Å². The van der Waals surface area contributed by atoms with Crippen molar-refractivity contribution in [2.75, 3.05) is 12.4 Å². The first-order valence-electron chi connectivity index (χ1n) is 4.34. The first-order valence-corrected chi connectivity index (χ1v) is 5.33. The number of esters is 1. The number of carbonyl (C=O) groups excluding carboxylic acids is 1. The van der Waals surface area contributed by atoms with Crippen molar-refractivity contribution in [3.8, 4) is 0 Å². The minimum absolute atomic E-state index is 0.350. The summed E-state index contributed by atoms with van der Waals surface area (Å²) in [4.78, 5) is 14.2.